The first-order valence-corrected chi connectivity index (χ1v) is 5.52. The Labute approximate surface area is 102 Å². The van der Waals surface area contributed by atoms with E-state index in [4.69, 9.17) is 23.8 Å². The van der Waals surface area contributed by atoms with Gasteiger partial charge in [-0.25, -0.2) is 4.39 Å². The molecule has 3 nitrogen and oxygen atoms in total. The van der Waals surface area contributed by atoms with Crippen LogP contribution in [0.15, 0.2) is 18.2 Å². The van der Waals surface area contributed by atoms with Crippen molar-refractivity contribution in [1.29, 1.82) is 0 Å². The molecule has 1 aromatic heterocycles. The molecule has 0 unspecified atom stereocenters. The van der Waals surface area contributed by atoms with Crippen LogP contribution in [0.5, 0.6) is 0 Å². The van der Waals surface area contributed by atoms with Crippen molar-refractivity contribution < 1.29 is 4.39 Å². The minimum absolute atomic E-state index is 0.0778. The van der Waals surface area contributed by atoms with E-state index < -0.39 is 5.82 Å². The van der Waals surface area contributed by atoms with Crippen molar-refractivity contribution in [2.24, 2.45) is 0 Å². The zero-order valence-electron chi connectivity index (χ0n) is 8.50. The van der Waals surface area contributed by atoms with Gasteiger partial charge in [-0.05, 0) is 37.3 Å². The predicted molar refractivity (Wildman–Crippen MR) is 63.5 cm³/mol. The van der Waals surface area contributed by atoms with Gasteiger partial charge in [0, 0.05) is 12.1 Å². The fraction of sp³-hybridized carbons (Fsp3) is 0.200. The molecule has 0 saturated heterocycles. The Balaban J connectivity index is 2.58. The molecule has 6 heteroatoms. The van der Waals surface area contributed by atoms with Gasteiger partial charge in [0.05, 0.1) is 5.02 Å². The molecule has 0 fully saturated rings. The Bertz CT molecular complexity index is 576. The molecule has 0 aliphatic carbocycles. The van der Waals surface area contributed by atoms with E-state index in [-0.39, 0.29) is 5.02 Å². The summed E-state index contributed by atoms with van der Waals surface area (Å²) in [6.07, 6.45) is 0. The number of nitrogens with one attached hydrogen (secondary N) is 1. The SMILES string of the molecule is CCn1c(-c2ccc(F)c(Cl)c2)n[nH]c1=S. The number of nitrogens with zero attached hydrogens (tertiary/aromatic N) is 2. The first-order chi connectivity index (χ1) is 7.63. The van der Waals surface area contributed by atoms with Crippen molar-refractivity contribution in [2.75, 3.05) is 0 Å². The third kappa shape index (κ3) is 1.88. The van der Waals surface area contributed by atoms with Crippen LogP contribution in [0.25, 0.3) is 11.4 Å². The van der Waals surface area contributed by atoms with Crippen molar-refractivity contribution in [3.05, 3.63) is 33.8 Å². The van der Waals surface area contributed by atoms with Crippen molar-refractivity contribution in [2.45, 2.75) is 13.5 Å². The Kier molecular flexibility index (Phi) is 3.07. The largest absolute Gasteiger partial charge is 0.300 e. The number of halogens is 2. The molecule has 0 amide bonds. The molecule has 0 radical (unpaired) electrons. The molecule has 16 heavy (non-hydrogen) atoms. The van der Waals surface area contributed by atoms with Crippen LogP contribution < -0.4 is 0 Å². The van der Waals surface area contributed by atoms with Gasteiger partial charge in [0.25, 0.3) is 0 Å². The number of aromatic amines is 1. The fourth-order valence-corrected chi connectivity index (χ4v) is 1.91. The Hall–Kier alpha value is -1.20. The first kappa shape index (κ1) is 11.3. The van der Waals surface area contributed by atoms with E-state index in [1.54, 1.807) is 6.07 Å². The molecule has 0 spiro atoms. The Morgan fingerprint density at radius 2 is 2.31 bits per heavy atom. The molecule has 84 valence electrons. The summed E-state index contributed by atoms with van der Waals surface area (Å²) in [5, 5.41) is 6.87. The maximum absolute atomic E-state index is 13.0. The fourth-order valence-electron chi connectivity index (χ4n) is 1.47. The van der Waals surface area contributed by atoms with Gasteiger partial charge in [-0.1, -0.05) is 11.6 Å². The number of H-pyrrole nitrogens is 1. The molecule has 0 atom stereocenters. The van der Waals surface area contributed by atoms with E-state index in [0.717, 1.165) is 5.56 Å². The third-order valence-corrected chi connectivity index (χ3v) is 2.85. The lowest BCUT2D eigenvalue weighted by molar-refractivity contribution is 0.628. The summed E-state index contributed by atoms with van der Waals surface area (Å²) in [5.41, 5.74) is 0.737. The van der Waals surface area contributed by atoms with E-state index in [9.17, 15) is 4.39 Å². The second-order valence-corrected chi connectivity index (χ2v) is 4.02. The van der Waals surface area contributed by atoms with Crippen molar-refractivity contribution in [1.82, 2.24) is 14.8 Å². The predicted octanol–water partition coefficient (Wildman–Crippen LogP) is 3.42. The molecule has 0 bridgehead atoms. The summed E-state index contributed by atoms with van der Waals surface area (Å²) < 4.78 is 15.4. The molecular formula is C10H9ClFN3S. The molecule has 0 aliphatic rings. The van der Waals surface area contributed by atoms with Crippen LogP contribution in [0.1, 0.15) is 6.92 Å². The standard InChI is InChI=1S/C10H9ClFN3S/c1-2-15-9(13-14-10(15)16)6-3-4-8(12)7(11)5-6/h3-5H,2H2,1H3,(H,14,16). The quantitative estimate of drug-likeness (QED) is 0.837. The van der Waals surface area contributed by atoms with E-state index in [2.05, 4.69) is 10.2 Å². The van der Waals surface area contributed by atoms with Gasteiger partial charge in [-0.3, -0.25) is 5.10 Å². The van der Waals surface area contributed by atoms with Gasteiger partial charge in [-0.15, -0.1) is 0 Å². The first-order valence-electron chi connectivity index (χ1n) is 4.74. The van der Waals surface area contributed by atoms with Gasteiger partial charge >= 0.3 is 0 Å². The van der Waals surface area contributed by atoms with E-state index >= 15 is 0 Å². The average Bonchev–Trinajstić information content (AvgIpc) is 2.63. The number of hydrogen-bond acceptors (Lipinski definition) is 2. The molecule has 2 rings (SSSR count). The van der Waals surface area contributed by atoms with Crippen molar-refractivity contribution in [3.8, 4) is 11.4 Å². The average molecular weight is 258 g/mol. The molecule has 1 heterocycles. The Morgan fingerprint density at radius 1 is 1.56 bits per heavy atom. The van der Waals surface area contributed by atoms with Gasteiger partial charge < -0.3 is 4.57 Å². The molecule has 2 aromatic rings. The van der Waals surface area contributed by atoms with Crippen molar-refractivity contribution in [3.63, 3.8) is 0 Å². The number of benzene rings is 1. The zero-order valence-corrected chi connectivity index (χ0v) is 10.1. The summed E-state index contributed by atoms with van der Waals surface area (Å²) in [7, 11) is 0. The highest BCUT2D eigenvalue weighted by molar-refractivity contribution is 7.71. The number of rotatable bonds is 2. The summed E-state index contributed by atoms with van der Waals surface area (Å²) >= 11 is 10.8. The zero-order chi connectivity index (χ0) is 11.7. The van der Waals surface area contributed by atoms with Gasteiger partial charge in [-0.2, -0.15) is 5.10 Å². The normalized spacial score (nSPS) is 10.7. The van der Waals surface area contributed by atoms with E-state index in [1.807, 2.05) is 11.5 Å². The van der Waals surface area contributed by atoms with Crippen LogP contribution in [-0.2, 0) is 6.54 Å². The van der Waals surface area contributed by atoms with Gasteiger partial charge in [0.2, 0.25) is 0 Å². The minimum Gasteiger partial charge on any atom is -0.300 e. The van der Waals surface area contributed by atoms with Gasteiger partial charge in [0.1, 0.15) is 5.82 Å². The molecule has 1 N–H and O–H groups in total. The summed E-state index contributed by atoms with van der Waals surface area (Å²) in [5.74, 6) is 0.219. The lowest BCUT2D eigenvalue weighted by atomic mass is 10.2. The lowest BCUT2D eigenvalue weighted by Crippen LogP contribution is -1.97. The Morgan fingerprint density at radius 3 is 2.94 bits per heavy atom. The molecule has 1 aromatic carbocycles. The number of hydrogen-bond donors (Lipinski definition) is 1. The summed E-state index contributed by atoms with van der Waals surface area (Å²) in [6, 6.07) is 4.47. The second-order valence-electron chi connectivity index (χ2n) is 3.23. The highest BCUT2D eigenvalue weighted by Crippen LogP contribution is 2.23. The molecule has 0 saturated carbocycles. The minimum atomic E-state index is -0.442. The van der Waals surface area contributed by atoms with Crippen LogP contribution in [-0.4, -0.2) is 14.8 Å². The van der Waals surface area contributed by atoms with Crippen molar-refractivity contribution >= 4 is 23.8 Å². The van der Waals surface area contributed by atoms with Crippen LogP contribution in [0.3, 0.4) is 0 Å². The maximum Gasteiger partial charge on any atom is 0.195 e. The van der Waals surface area contributed by atoms with E-state index in [0.29, 0.717) is 17.1 Å². The monoisotopic (exact) mass is 257 g/mol. The van der Waals surface area contributed by atoms with Crippen LogP contribution in [0, 0.1) is 10.6 Å². The van der Waals surface area contributed by atoms with Crippen LogP contribution in [0.4, 0.5) is 4.39 Å². The smallest absolute Gasteiger partial charge is 0.195 e. The highest BCUT2D eigenvalue weighted by Gasteiger charge is 2.09. The molecule has 0 aliphatic heterocycles. The van der Waals surface area contributed by atoms with E-state index in [1.165, 1.54) is 12.1 Å². The third-order valence-electron chi connectivity index (χ3n) is 2.25. The van der Waals surface area contributed by atoms with Gasteiger partial charge in [0.15, 0.2) is 10.6 Å². The van der Waals surface area contributed by atoms with Crippen LogP contribution >= 0.6 is 23.8 Å². The van der Waals surface area contributed by atoms with Crippen LogP contribution in [0.2, 0.25) is 5.02 Å². The summed E-state index contributed by atoms with van der Waals surface area (Å²) in [4.78, 5) is 0. The topological polar surface area (TPSA) is 33.6 Å². The summed E-state index contributed by atoms with van der Waals surface area (Å²) in [6.45, 7) is 2.65. The molecular weight excluding hydrogens is 249 g/mol. The maximum atomic E-state index is 13.0. The number of aromatic nitrogens is 3. The second kappa shape index (κ2) is 4.35. The lowest BCUT2D eigenvalue weighted by Gasteiger charge is -2.04. The highest BCUT2D eigenvalue weighted by atomic mass is 35.5.